The fourth-order valence-corrected chi connectivity index (χ4v) is 1.68. The lowest BCUT2D eigenvalue weighted by Crippen LogP contribution is -2.15. The highest BCUT2D eigenvalue weighted by Crippen LogP contribution is 2.42. The SMILES string of the molecule is CCC1(Oc2ccc(Br)cc2)CC1. The van der Waals surface area contributed by atoms with Crippen molar-refractivity contribution in [1.82, 2.24) is 0 Å². The average Bonchev–Trinajstić information content (AvgIpc) is 2.90. The van der Waals surface area contributed by atoms with E-state index in [-0.39, 0.29) is 5.60 Å². The van der Waals surface area contributed by atoms with E-state index in [1.54, 1.807) is 0 Å². The lowest BCUT2D eigenvalue weighted by atomic mass is 10.2. The molecule has 1 saturated carbocycles. The highest BCUT2D eigenvalue weighted by atomic mass is 79.9. The van der Waals surface area contributed by atoms with Crippen LogP contribution in [0.25, 0.3) is 0 Å². The Morgan fingerprint density at radius 1 is 1.31 bits per heavy atom. The molecule has 70 valence electrons. The molecule has 2 rings (SSSR count). The molecule has 0 saturated heterocycles. The average molecular weight is 241 g/mol. The topological polar surface area (TPSA) is 9.23 Å². The Hall–Kier alpha value is -0.500. The van der Waals surface area contributed by atoms with Crippen LogP contribution in [0.15, 0.2) is 28.7 Å². The van der Waals surface area contributed by atoms with E-state index in [9.17, 15) is 0 Å². The first kappa shape index (κ1) is 9.07. The summed E-state index contributed by atoms with van der Waals surface area (Å²) >= 11 is 3.40. The molecule has 2 heteroatoms. The van der Waals surface area contributed by atoms with Gasteiger partial charge in [-0.1, -0.05) is 22.9 Å². The van der Waals surface area contributed by atoms with Crippen molar-refractivity contribution in [3.63, 3.8) is 0 Å². The molecule has 0 amide bonds. The van der Waals surface area contributed by atoms with E-state index in [1.807, 2.05) is 24.3 Å². The van der Waals surface area contributed by atoms with Gasteiger partial charge in [-0.3, -0.25) is 0 Å². The first-order chi connectivity index (χ1) is 6.24. The number of halogens is 1. The molecule has 0 N–H and O–H groups in total. The van der Waals surface area contributed by atoms with Gasteiger partial charge in [0.05, 0.1) is 0 Å². The molecule has 0 bridgehead atoms. The maximum absolute atomic E-state index is 5.90. The van der Waals surface area contributed by atoms with Crippen molar-refractivity contribution >= 4 is 15.9 Å². The largest absolute Gasteiger partial charge is 0.487 e. The number of ether oxygens (including phenoxy) is 1. The third kappa shape index (κ3) is 2.05. The van der Waals surface area contributed by atoms with Gasteiger partial charge in [-0.05, 0) is 43.5 Å². The molecule has 1 aromatic carbocycles. The Balaban J connectivity index is 2.06. The van der Waals surface area contributed by atoms with Gasteiger partial charge in [0.2, 0.25) is 0 Å². The van der Waals surface area contributed by atoms with Gasteiger partial charge in [0.15, 0.2) is 0 Å². The summed E-state index contributed by atoms with van der Waals surface area (Å²) in [6.07, 6.45) is 3.53. The van der Waals surface area contributed by atoms with Crippen LogP contribution < -0.4 is 4.74 Å². The van der Waals surface area contributed by atoms with Gasteiger partial charge >= 0.3 is 0 Å². The first-order valence-corrected chi connectivity index (χ1v) is 5.48. The van der Waals surface area contributed by atoms with Crippen LogP contribution in [0.4, 0.5) is 0 Å². The van der Waals surface area contributed by atoms with Crippen LogP contribution in [0, 0.1) is 0 Å². The molecule has 1 nitrogen and oxygen atoms in total. The molecule has 0 aliphatic heterocycles. The zero-order valence-electron chi connectivity index (χ0n) is 7.72. The van der Waals surface area contributed by atoms with Crippen LogP contribution in [-0.2, 0) is 0 Å². The molecular weight excluding hydrogens is 228 g/mol. The number of rotatable bonds is 3. The summed E-state index contributed by atoms with van der Waals surface area (Å²) in [6.45, 7) is 2.19. The number of benzene rings is 1. The Labute approximate surface area is 87.2 Å². The highest BCUT2D eigenvalue weighted by molar-refractivity contribution is 9.10. The lowest BCUT2D eigenvalue weighted by molar-refractivity contribution is 0.174. The van der Waals surface area contributed by atoms with Crippen molar-refractivity contribution in [2.75, 3.05) is 0 Å². The van der Waals surface area contributed by atoms with Crippen LogP contribution in [0.2, 0.25) is 0 Å². The quantitative estimate of drug-likeness (QED) is 0.782. The number of hydrogen-bond donors (Lipinski definition) is 0. The third-order valence-corrected chi connectivity index (χ3v) is 3.13. The van der Waals surface area contributed by atoms with Gasteiger partial charge in [-0.2, -0.15) is 0 Å². The van der Waals surface area contributed by atoms with E-state index >= 15 is 0 Å². The molecule has 0 atom stereocenters. The number of hydrogen-bond acceptors (Lipinski definition) is 1. The monoisotopic (exact) mass is 240 g/mol. The molecule has 0 unspecified atom stereocenters. The molecule has 0 spiro atoms. The Morgan fingerprint density at radius 3 is 2.38 bits per heavy atom. The summed E-state index contributed by atoms with van der Waals surface area (Å²) in [7, 11) is 0. The van der Waals surface area contributed by atoms with Crippen LogP contribution in [0.1, 0.15) is 26.2 Å². The third-order valence-electron chi connectivity index (χ3n) is 2.60. The molecule has 0 heterocycles. The summed E-state index contributed by atoms with van der Waals surface area (Å²) in [4.78, 5) is 0. The maximum atomic E-state index is 5.90. The molecule has 1 aliphatic carbocycles. The summed E-state index contributed by atoms with van der Waals surface area (Å²) in [6, 6.07) is 8.06. The molecule has 1 aromatic rings. The molecule has 1 aliphatic rings. The predicted octanol–water partition coefficient (Wildman–Crippen LogP) is 3.77. The van der Waals surface area contributed by atoms with Crippen LogP contribution in [-0.4, -0.2) is 5.60 Å². The lowest BCUT2D eigenvalue weighted by Gasteiger charge is -2.15. The Morgan fingerprint density at radius 2 is 1.92 bits per heavy atom. The minimum absolute atomic E-state index is 0.174. The molecular formula is C11H13BrO. The zero-order valence-corrected chi connectivity index (χ0v) is 9.30. The maximum Gasteiger partial charge on any atom is 0.120 e. The first-order valence-electron chi connectivity index (χ1n) is 4.69. The van der Waals surface area contributed by atoms with Crippen molar-refractivity contribution in [2.24, 2.45) is 0 Å². The van der Waals surface area contributed by atoms with Crippen molar-refractivity contribution in [3.8, 4) is 5.75 Å². The minimum Gasteiger partial charge on any atom is -0.487 e. The van der Waals surface area contributed by atoms with Gasteiger partial charge in [-0.15, -0.1) is 0 Å². The van der Waals surface area contributed by atoms with Crippen molar-refractivity contribution in [1.29, 1.82) is 0 Å². The highest BCUT2D eigenvalue weighted by Gasteiger charge is 2.43. The van der Waals surface area contributed by atoms with Crippen LogP contribution in [0.5, 0.6) is 5.75 Å². The molecule has 0 radical (unpaired) electrons. The smallest absolute Gasteiger partial charge is 0.120 e. The summed E-state index contributed by atoms with van der Waals surface area (Å²) in [5.41, 5.74) is 0.174. The van der Waals surface area contributed by atoms with Crippen molar-refractivity contribution < 1.29 is 4.74 Å². The van der Waals surface area contributed by atoms with Gasteiger partial charge < -0.3 is 4.74 Å². The zero-order chi connectivity index (χ0) is 9.31. The standard InChI is InChI=1S/C11H13BrO/c1-2-11(7-8-11)13-10-5-3-9(12)4-6-10/h3-6H,2,7-8H2,1H3. The molecule has 0 aromatic heterocycles. The Kier molecular flexibility index (Phi) is 2.33. The second-order valence-corrected chi connectivity index (χ2v) is 4.51. The molecule has 13 heavy (non-hydrogen) atoms. The van der Waals surface area contributed by atoms with E-state index in [2.05, 4.69) is 22.9 Å². The van der Waals surface area contributed by atoms with Crippen molar-refractivity contribution in [2.45, 2.75) is 31.8 Å². The normalized spacial score (nSPS) is 18.3. The minimum atomic E-state index is 0.174. The summed E-state index contributed by atoms with van der Waals surface area (Å²) in [5.74, 6) is 0.988. The van der Waals surface area contributed by atoms with E-state index < -0.39 is 0 Å². The molecule has 1 fully saturated rings. The Bertz CT molecular complexity index is 287. The summed E-state index contributed by atoms with van der Waals surface area (Å²) < 4.78 is 6.99. The van der Waals surface area contributed by atoms with Gasteiger partial charge in [0.1, 0.15) is 11.4 Å². The van der Waals surface area contributed by atoms with Gasteiger partial charge in [0, 0.05) is 4.47 Å². The van der Waals surface area contributed by atoms with Crippen LogP contribution >= 0.6 is 15.9 Å². The fourth-order valence-electron chi connectivity index (χ4n) is 1.42. The summed E-state index contributed by atoms with van der Waals surface area (Å²) in [5, 5.41) is 0. The van der Waals surface area contributed by atoms with Crippen LogP contribution in [0.3, 0.4) is 0 Å². The van der Waals surface area contributed by atoms with Gasteiger partial charge in [-0.25, -0.2) is 0 Å². The predicted molar refractivity (Wildman–Crippen MR) is 57.0 cm³/mol. The van der Waals surface area contributed by atoms with Gasteiger partial charge in [0.25, 0.3) is 0 Å². The van der Waals surface area contributed by atoms with E-state index in [0.717, 1.165) is 16.6 Å². The second-order valence-electron chi connectivity index (χ2n) is 3.59. The van der Waals surface area contributed by atoms with E-state index in [1.165, 1.54) is 12.8 Å². The fraction of sp³-hybridized carbons (Fsp3) is 0.455. The van der Waals surface area contributed by atoms with E-state index in [0.29, 0.717) is 0 Å². The van der Waals surface area contributed by atoms with E-state index in [4.69, 9.17) is 4.74 Å². The second kappa shape index (κ2) is 3.33. The van der Waals surface area contributed by atoms with Crippen molar-refractivity contribution in [3.05, 3.63) is 28.7 Å².